The van der Waals surface area contributed by atoms with Crippen LogP contribution in [0.5, 0.6) is 11.5 Å². The summed E-state index contributed by atoms with van der Waals surface area (Å²) in [6.07, 6.45) is 0. The highest BCUT2D eigenvalue weighted by molar-refractivity contribution is 6.41. The van der Waals surface area contributed by atoms with Crippen LogP contribution in [0.3, 0.4) is 0 Å². The van der Waals surface area contributed by atoms with Crippen LogP contribution in [-0.2, 0) is 9.53 Å². The Kier molecular flexibility index (Phi) is 5.37. The lowest BCUT2D eigenvalue weighted by Gasteiger charge is -2.19. The Morgan fingerprint density at radius 2 is 1.70 bits per heavy atom. The smallest absolute Gasteiger partial charge is 0.379 e. The Hall–Kier alpha value is -2.24. The van der Waals surface area contributed by atoms with Gasteiger partial charge in [0.2, 0.25) is 0 Å². The number of ketones is 1. The van der Waals surface area contributed by atoms with Crippen molar-refractivity contribution in [2.45, 2.75) is 6.92 Å². The van der Waals surface area contributed by atoms with Gasteiger partial charge >= 0.3 is 5.97 Å². The molecule has 0 amide bonds. The predicted octanol–water partition coefficient (Wildman–Crippen LogP) is 1.52. The zero-order chi connectivity index (χ0) is 15.3. The lowest BCUT2D eigenvalue weighted by Crippen LogP contribution is -2.19. The second-order valence-corrected chi connectivity index (χ2v) is 4.17. The van der Waals surface area contributed by atoms with Crippen LogP contribution in [0.25, 0.3) is 0 Å². The average molecular weight is 281 g/mol. The van der Waals surface area contributed by atoms with Gasteiger partial charge in [0.05, 0.1) is 32.1 Å². The summed E-state index contributed by atoms with van der Waals surface area (Å²) in [6.45, 7) is 1.78. The summed E-state index contributed by atoms with van der Waals surface area (Å²) in [7, 11) is 6.60. The molecule has 110 valence electrons. The fourth-order valence-corrected chi connectivity index (χ4v) is 1.72. The van der Waals surface area contributed by atoms with Gasteiger partial charge in [0, 0.05) is 20.2 Å². The lowest BCUT2D eigenvalue weighted by molar-refractivity contribution is -0.137. The van der Waals surface area contributed by atoms with Crippen molar-refractivity contribution >= 4 is 17.4 Å². The molecule has 6 heteroatoms. The second-order valence-electron chi connectivity index (χ2n) is 4.17. The van der Waals surface area contributed by atoms with Crippen molar-refractivity contribution in [2.24, 2.45) is 0 Å². The van der Waals surface area contributed by atoms with Gasteiger partial charge < -0.3 is 19.1 Å². The van der Waals surface area contributed by atoms with Gasteiger partial charge in [-0.2, -0.15) is 0 Å². The van der Waals surface area contributed by atoms with Crippen LogP contribution in [0.2, 0.25) is 0 Å². The first-order valence-corrected chi connectivity index (χ1v) is 6.11. The minimum absolute atomic E-state index is 0.119. The van der Waals surface area contributed by atoms with Gasteiger partial charge in [-0.05, 0) is 13.0 Å². The fourth-order valence-electron chi connectivity index (χ4n) is 1.72. The first-order chi connectivity index (χ1) is 9.46. The number of hydrogen-bond acceptors (Lipinski definition) is 6. The van der Waals surface area contributed by atoms with Crippen LogP contribution in [0.4, 0.5) is 5.69 Å². The number of nitrogens with zero attached hydrogens (tertiary/aromatic N) is 1. The zero-order valence-corrected chi connectivity index (χ0v) is 12.4. The number of carbonyl (C=O) groups excluding carboxylic acids is 2. The van der Waals surface area contributed by atoms with E-state index in [4.69, 9.17) is 14.2 Å². The average Bonchev–Trinajstić information content (AvgIpc) is 2.44. The van der Waals surface area contributed by atoms with Crippen LogP contribution in [0.15, 0.2) is 12.1 Å². The van der Waals surface area contributed by atoms with E-state index in [2.05, 4.69) is 0 Å². The number of hydrogen-bond donors (Lipinski definition) is 0. The first kappa shape index (κ1) is 15.8. The number of ether oxygens (including phenoxy) is 3. The number of carbonyl (C=O) groups is 2. The van der Waals surface area contributed by atoms with E-state index in [-0.39, 0.29) is 12.2 Å². The van der Waals surface area contributed by atoms with Gasteiger partial charge in [0.25, 0.3) is 5.78 Å². The molecule has 0 N–H and O–H groups in total. The maximum Gasteiger partial charge on any atom is 0.379 e. The summed E-state index contributed by atoms with van der Waals surface area (Å²) >= 11 is 0. The summed E-state index contributed by atoms with van der Waals surface area (Å²) in [5, 5.41) is 0. The number of anilines is 1. The summed E-state index contributed by atoms with van der Waals surface area (Å²) in [6, 6.07) is 3.12. The Bertz CT molecular complexity index is 511. The van der Waals surface area contributed by atoms with Crippen molar-refractivity contribution in [3.8, 4) is 11.5 Å². The molecule has 0 bridgehead atoms. The van der Waals surface area contributed by atoms with E-state index in [9.17, 15) is 9.59 Å². The maximum atomic E-state index is 12.0. The van der Waals surface area contributed by atoms with Crippen molar-refractivity contribution in [1.29, 1.82) is 0 Å². The minimum atomic E-state index is -0.912. The standard InChI is InChI=1S/C14H19NO5/c1-6-20-14(17)13(16)9-7-12(19-5)10(15(2)3)8-11(9)18-4/h7-8H,6H2,1-5H3. The number of esters is 1. The summed E-state index contributed by atoms with van der Waals surface area (Å²) in [5.41, 5.74) is 0.859. The third kappa shape index (κ3) is 3.20. The monoisotopic (exact) mass is 281 g/mol. The number of methoxy groups -OCH3 is 2. The SMILES string of the molecule is CCOC(=O)C(=O)c1cc(OC)c(N(C)C)cc1OC. The molecule has 20 heavy (non-hydrogen) atoms. The molecule has 0 saturated carbocycles. The van der Waals surface area contributed by atoms with E-state index < -0.39 is 11.8 Å². The topological polar surface area (TPSA) is 65.1 Å². The molecular formula is C14H19NO5. The van der Waals surface area contributed by atoms with Crippen LogP contribution < -0.4 is 14.4 Å². The van der Waals surface area contributed by atoms with E-state index in [0.29, 0.717) is 11.5 Å². The van der Waals surface area contributed by atoms with E-state index in [1.54, 1.807) is 13.0 Å². The van der Waals surface area contributed by atoms with Gasteiger partial charge in [0.1, 0.15) is 11.5 Å². The molecule has 0 aliphatic heterocycles. The summed E-state index contributed by atoms with van der Waals surface area (Å²) in [4.78, 5) is 25.4. The Morgan fingerprint density at radius 3 is 2.15 bits per heavy atom. The van der Waals surface area contributed by atoms with Crippen molar-refractivity contribution in [2.75, 3.05) is 39.8 Å². The van der Waals surface area contributed by atoms with Gasteiger partial charge in [0.15, 0.2) is 0 Å². The molecule has 1 aromatic rings. The Morgan fingerprint density at radius 1 is 1.10 bits per heavy atom. The number of rotatable bonds is 6. The van der Waals surface area contributed by atoms with Crippen LogP contribution in [0, 0.1) is 0 Å². The van der Waals surface area contributed by atoms with Crippen molar-refractivity contribution in [3.05, 3.63) is 17.7 Å². The van der Waals surface area contributed by atoms with E-state index in [1.807, 2.05) is 19.0 Å². The van der Waals surface area contributed by atoms with Crippen molar-refractivity contribution in [3.63, 3.8) is 0 Å². The minimum Gasteiger partial charge on any atom is -0.496 e. The second kappa shape index (κ2) is 6.79. The molecule has 6 nitrogen and oxygen atoms in total. The van der Waals surface area contributed by atoms with Crippen LogP contribution in [0.1, 0.15) is 17.3 Å². The zero-order valence-electron chi connectivity index (χ0n) is 12.4. The molecule has 1 rings (SSSR count). The molecule has 0 aliphatic rings. The molecule has 0 unspecified atom stereocenters. The molecular weight excluding hydrogens is 262 g/mol. The first-order valence-electron chi connectivity index (χ1n) is 6.11. The maximum absolute atomic E-state index is 12.0. The largest absolute Gasteiger partial charge is 0.496 e. The van der Waals surface area contributed by atoms with Gasteiger partial charge in [-0.25, -0.2) is 4.79 Å². The third-order valence-electron chi connectivity index (χ3n) is 2.69. The molecule has 0 aliphatic carbocycles. The Balaban J connectivity index is 3.32. The summed E-state index contributed by atoms with van der Waals surface area (Å²) in [5.74, 6) is -0.895. The molecule has 0 atom stereocenters. The van der Waals surface area contributed by atoms with Gasteiger partial charge in [-0.3, -0.25) is 4.79 Å². The lowest BCUT2D eigenvalue weighted by atomic mass is 10.1. The molecule has 0 radical (unpaired) electrons. The number of benzene rings is 1. The predicted molar refractivity (Wildman–Crippen MR) is 74.8 cm³/mol. The number of Topliss-reactive ketones (excluding diaryl/α,β-unsaturated/α-hetero) is 1. The molecule has 0 fully saturated rings. The van der Waals surface area contributed by atoms with Crippen LogP contribution in [-0.4, -0.2) is 46.7 Å². The molecule has 1 aromatic carbocycles. The third-order valence-corrected chi connectivity index (χ3v) is 2.69. The molecule has 0 aromatic heterocycles. The fraction of sp³-hybridized carbons (Fsp3) is 0.429. The highest BCUT2D eigenvalue weighted by Gasteiger charge is 2.24. The Labute approximate surface area is 118 Å². The molecule has 0 saturated heterocycles. The van der Waals surface area contributed by atoms with Crippen molar-refractivity contribution < 1.29 is 23.8 Å². The summed E-state index contributed by atoms with van der Waals surface area (Å²) < 4.78 is 15.1. The van der Waals surface area contributed by atoms with E-state index in [0.717, 1.165) is 5.69 Å². The van der Waals surface area contributed by atoms with Crippen molar-refractivity contribution in [1.82, 2.24) is 0 Å². The van der Waals surface area contributed by atoms with E-state index >= 15 is 0 Å². The molecule has 0 spiro atoms. The normalized spacial score (nSPS) is 9.85. The highest BCUT2D eigenvalue weighted by Crippen LogP contribution is 2.34. The molecule has 0 heterocycles. The van der Waals surface area contributed by atoms with Crippen LogP contribution >= 0.6 is 0 Å². The van der Waals surface area contributed by atoms with Gasteiger partial charge in [-0.1, -0.05) is 0 Å². The highest BCUT2D eigenvalue weighted by atomic mass is 16.5. The van der Waals surface area contributed by atoms with E-state index in [1.165, 1.54) is 20.3 Å². The quantitative estimate of drug-likeness (QED) is 0.447. The van der Waals surface area contributed by atoms with Gasteiger partial charge in [-0.15, -0.1) is 0 Å².